The number of aryl methyl sites for hydroxylation is 2. The topological polar surface area (TPSA) is 43.8 Å². The summed E-state index contributed by atoms with van der Waals surface area (Å²) in [4.78, 5) is 7.14. The van der Waals surface area contributed by atoms with Crippen molar-refractivity contribution in [1.29, 1.82) is 0 Å². The summed E-state index contributed by atoms with van der Waals surface area (Å²) in [5, 5.41) is 0. The van der Waals surface area contributed by atoms with Crippen LogP contribution in [0.3, 0.4) is 0 Å². The molecule has 0 bridgehead atoms. The standard InChI is InChI=1S/C15H17N3S/c1-9-5-4-6-12-14(9)17-15(16)18(12)11(3)13-8-7-10(2)19-13/h4-8,11H,1-3H3,(H2,16,17). The van der Waals surface area contributed by atoms with Crippen molar-refractivity contribution in [3.8, 4) is 0 Å². The van der Waals surface area contributed by atoms with Gasteiger partial charge in [0.25, 0.3) is 0 Å². The van der Waals surface area contributed by atoms with Gasteiger partial charge in [-0.15, -0.1) is 11.3 Å². The quantitative estimate of drug-likeness (QED) is 0.768. The largest absolute Gasteiger partial charge is 0.369 e. The second kappa shape index (κ2) is 4.38. The minimum atomic E-state index is 0.213. The molecule has 98 valence electrons. The maximum Gasteiger partial charge on any atom is 0.201 e. The van der Waals surface area contributed by atoms with Gasteiger partial charge in [-0.25, -0.2) is 4.98 Å². The van der Waals surface area contributed by atoms with Crippen molar-refractivity contribution in [2.45, 2.75) is 26.8 Å². The Bertz CT molecular complexity index is 739. The van der Waals surface area contributed by atoms with E-state index < -0.39 is 0 Å². The molecule has 0 spiro atoms. The molecule has 2 heterocycles. The van der Waals surface area contributed by atoms with Crippen LogP contribution in [0, 0.1) is 13.8 Å². The van der Waals surface area contributed by atoms with Gasteiger partial charge in [-0.05, 0) is 44.5 Å². The first kappa shape index (κ1) is 12.2. The van der Waals surface area contributed by atoms with Crippen molar-refractivity contribution in [2.75, 3.05) is 5.73 Å². The molecule has 1 atom stereocenters. The number of hydrogen-bond acceptors (Lipinski definition) is 3. The summed E-state index contributed by atoms with van der Waals surface area (Å²) in [6, 6.07) is 10.7. The van der Waals surface area contributed by atoms with Gasteiger partial charge in [0.1, 0.15) is 0 Å². The van der Waals surface area contributed by atoms with Crippen LogP contribution in [0.4, 0.5) is 5.95 Å². The first-order valence-corrected chi connectivity index (χ1v) is 7.19. The summed E-state index contributed by atoms with van der Waals surface area (Å²) < 4.78 is 2.12. The molecule has 3 nitrogen and oxygen atoms in total. The minimum Gasteiger partial charge on any atom is -0.369 e. The highest BCUT2D eigenvalue weighted by atomic mass is 32.1. The zero-order valence-corrected chi connectivity index (χ0v) is 12.2. The Labute approximate surface area is 116 Å². The van der Waals surface area contributed by atoms with Crippen LogP contribution >= 0.6 is 11.3 Å². The molecule has 3 aromatic rings. The van der Waals surface area contributed by atoms with E-state index in [4.69, 9.17) is 5.73 Å². The summed E-state index contributed by atoms with van der Waals surface area (Å²) in [6.45, 7) is 6.37. The third-order valence-electron chi connectivity index (χ3n) is 3.51. The van der Waals surface area contributed by atoms with E-state index in [0.29, 0.717) is 5.95 Å². The van der Waals surface area contributed by atoms with E-state index in [0.717, 1.165) is 16.6 Å². The summed E-state index contributed by atoms with van der Waals surface area (Å²) in [7, 11) is 0. The molecule has 1 aromatic carbocycles. The predicted molar refractivity (Wildman–Crippen MR) is 81.8 cm³/mol. The molecule has 0 saturated carbocycles. The number of nitrogens with two attached hydrogens (primary N) is 1. The molecule has 2 N–H and O–H groups in total. The lowest BCUT2D eigenvalue weighted by Gasteiger charge is -2.14. The van der Waals surface area contributed by atoms with Gasteiger partial charge >= 0.3 is 0 Å². The molecule has 0 aliphatic rings. The lowest BCUT2D eigenvalue weighted by atomic mass is 10.2. The molecule has 0 aliphatic carbocycles. The van der Waals surface area contributed by atoms with Gasteiger partial charge in [-0.1, -0.05) is 12.1 Å². The molecule has 0 amide bonds. The fourth-order valence-electron chi connectivity index (χ4n) is 2.49. The Morgan fingerprint density at radius 3 is 2.68 bits per heavy atom. The van der Waals surface area contributed by atoms with Crippen molar-refractivity contribution in [3.63, 3.8) is 0 Å². The lowest BCUT2D eigenvalue weighted by Crippen LogP contribution is -2.08. The average molecular weight is 271 g/mol. The van der Waals surface area contributed by atoms with Crippen LogP contribution in [0.15, 0.2) is 30.3 Å². The molecule has 0 fully saturated rings. The van der Waals surface area contributed by atoms with Crippen LogP contribution in [0.5, 0.6) is 0 Å². The maximum atomic E-state index is 6.12. The molecule has 2 aromatic heterocycles. The number of para-hydroxylation sites is 1. The molecular formula is C15H17N3S. The number of benzene rings is 1. The van der Waals surface area contributed by atoms with E-state index in [-0.39, 0.29) is 6.04 Å². The Morgan fingerprint density at radius 1 is 1.21 bits per heavy atom. The van der Waals surface area contributed by atoms with Gasteiger partial charge in [0.05, 0.1) is 17.1 Å². The Morgan fingerprint density at radius 2 is 2.00 bits per heavy atom. The molecule has 0 aliphatic heterocycles. The molecule has 19 heavy (non-hydrogen) atoms. The second-order valence-corrected chi connectivity index (χ2v) is 6.23. The molecule has 0 radical (unpaired) electrons. The van der Waals surface area contributed by atoms with E-state index in [1.54, 1.807) is 0 Å². The highest BCUT2D eigenvalue weighted by Crippen LogP contribution is 2.31. The summed E-state index contributed by atoms with van der Waals surface area (Å²) in [6.07, 6.45) is 0. The Balaban J connectivity index is 2.19. The zero-order valence-electron chi connectivity index (χ0n) is 11.3. The summed E-state index contributed by atoms with van der Waals surface area (Å²) in [5.41, 5.74) is 9.40. The summed E-state index contributed by atoms with van der Waals surface area (Å²) >= 11 is 1.81. The van der Waals surface area contributed by atoms with Gasteiger partial charge in [-0.2, -0.15) is 0 Å². The van der Waals surface area contributed by atoms with Gasteiger partial charge in [0.15, 0.2) is 0 Å². The highest BCUT2D eigenvalue weighted by molar-refractivity contribution is 7.12. The molecule has 3 rings (SSSR count). The molecule has 4 heteroatoms. The number of hydrogen-bond donors (Lipinski definition) is 1. The highest BCUT2D eigenvalue weighted by Gasteiger charge is 2.17. The average Bonchev–Trinajstić information content (AvgIpc) is 2.93. The molecular weight excluding hydrogens is 254 g/mol. The van der Waals surface area contributed by atoms with E-state index >= 15 is 0 Å². The number of imidazole rings is 1. The number of nitrogen functional groups attached to an aromatic ring is 1. The smallest absolute Gasteiger partial charge is 0.201 e. The van der Waals surface area contributed by atoms with Crippen LogP contribution in [0.25, 0.3) is 11.0 Å². The molecule has 1 unspecified atom stereocenters. The normalized spacial score (nSPS) is 13.0. The van der Waals surface area contributed by atoms with Crippen LogP contribution in [-0.2, 0) is 0 Å². The van der Waals surface area contributed by atoms with Crippen LogP contribution < -0.4 is 5.73 Å². The molecule has 0 saturated heterocycles. The third kappa shape index (κ3) is 1.92. The van der Waals surface area contributed by atoms with Crippen molar-refractivity contribution >= 4 is 28.3 Å². The van der Waals surface area contributed by atoms with Gasteiger partial charge in [-0.3, -0.25) is 0 Å². The predicted octanol–water partition coefficient (Wildman–Crippen LogP) is 3.91. The fraction of sp³-hybridized carbons (Fsp3) is 0.267. The minimum absolute atomic E-state index is 0.213. The SMILES string of the molecule is Cc1ccc(C(C)n2c(N)nc3c(C)cccc32)s1. The fourth-order valence-corrected chi connectivity index (χ4v) is 3.41. The zero-order chi connectivity index (χ0) is 13.6. The maximum absolute atomic E-state index is 6.12. The number of anilines is 1. The van der Waals surface area contributed by atoms with Gasteiger partial charge in [0.2, 0.25) is 5.95 Å². The van der Waals surface area contributed by atoms with Crippen LogP contribution in [-0.4, -0.2) is 9.55 Å². The Kier molecular flexibility index (Phi) is 2.82. The first-order valence-electron chi connectivity index (χ1n) is 6.37. The van der Waals surface area contributed by atoms with E-state index in [1.165, 1.54) is 9.75 Å². The van der Waals surface area contributed by atoms with E-state index in [9.17, 15) is 0 Å². The third-order valence-corrected chi connectivity index (χ3v) is 4.68. The van der Waals surface area contributed by atoms with E-state index in [2.05, 4.69) is 60.7 Å². The van der Waals surface area contributed by atoms with Gasteiger partial charge in [0, 0.05) is 9.75 Å². The number of rotatable bonds is 2. The lowest BCUT2D eigenvalue weighted by molar-refractivity contribution is 0.680. The van der Waals surface area contributed by atoms with Crippen LogP contribution in [0.2, 0.25) is 0 Å². The van der Waals surface area contributed by atoms with Crippen LogP contribution in [0.1, 0.15) is 28.3 Å². The Hall–Kier alpha value is -1.81. The number of fused-ring (bicyclic) bond motifs is 1. The second-order valence-electron chi connectivity index (χ2n) is 4.91. The number of thiophene rings is 1. The number of nitrogens with zero attached hydrogens (tertiary/aromatic N) is 2. The van der Waals surface area contributed by atoms with Crippen molar-refractivity contribution in [2.24, 2.45) is 0 Å². The monoisotopic (exact) mass is 271 g/mol. The summed E-state index contributed by atoms with van der Waals surface area (Å²) in [5.74, 6) is 0.586. The van der Waals surface area contributed by atoms with Gasteiger partial charge < -0.3 is 10.3 Å². The first-order chi connectivity index (χ1) is 9.08. The van der Waals surface area contributed by atoms with E-state index in [1.807, 2.05) is 11.3 Å². The number of aromatic nitrogens is 2. The van der Waals surface area contributed by atoms with Crippen molar-refractivity contribution in [1.82, 2.24) is 9.55 Å². The van der Waals surface area contributed by atoms with Crippen molar-refractivity contribution < 1.29 is 0 Å². The van der Waals surface area contributed by atoms with Crippen molar-refractivity contribution in [3.05, 3.63) is 45.6 Å².